The Kier molecular flexibility index (Phi) is 7.70. The number of ether oxygens (including phenoxy) is 1. The van der Waals surface area contributed by atoms with Gasteiger partial charge in [0.25, 0.3) is 0 Å². The third-order valence-corrected chi connectivity index (χ3v) is 7.58. The molecule has 5 rings (SSSR count). The third-order valence-electron chi connectivity index (χ3n) is 7.58. The van der Waals surface area contributed by atoms with Gasteiger partial charge in [-0.1, -0.05) is 42.5 Å². The van der Waals surface area contributed by atoms with Crippen LogP contribution < -0.4 is 4.74 Å². The molecule has 7 heteroatoms. The van der Waals surface area contributed by atoms with Crippen molar-refractivity contribution in [2.24, 2.45) is 5.92 Å². The van der Waals surface area contributed by atoms with Crippen LogP contribution in [0.25, 0.3) is 10.8 Å². The molecule has 0 radical (unpaired) electrons. The first kappa shape index (κ1) is 25.2. The molecule has 2 aliphatic heterocycles. The molecular formula is C30H34FN3O3. The Morgan fingerprint density at radius 1 is 0.865 bits per heavy atom. The van der Waals surface area contributed by atoms with Crippen LogP contribution in [0.3, 0.4) is 0 Å². The van der Waals surface area contributed by atoms with Crippen LogP contribution in [0, 0.1) is 11.7 Å². The molecule has 0 saturated carbocycles. The average molecular weight is 504 g/mol. The fraction of sp³-hybridized carbons (Fsp3) is 0.400. The molecular weight excluding hydrogens is 469 g/mol. The van der Waals surface area contributed by atoms with Gasteiger partial charge < -0.3 is 19.4 Å². The molecule has 2 saturated heterocycles. The Bertz CT molecular complexity index is 1240. The van der Waals surface area contributed by atoms with Crippen molar-refractivity contribution in [1.82, 2.24) is 14.7 Å². The molecule has 2 heterocycles. The number of amides is 2. The molecule has 3 aromatic rings. The summed E-state index contributed by atoms with van der Waals surface area (Å²) in [4.78, 5) is 32.5. The van der Waals surface area contributed by atoms with Gasteiger partial charge >= 0.3 is 0 Å². The zero-order valence-corrected chi connectivity index (χ0v) is 21.3. The number of carbonyl (C=O) groups excluding carboxylic acids is 2. The van der Waals surface area contributed by atoms with E-state index < -0.39 is 0 Å². The number of hydrogen-bond donors (Lipinski definition) is 0. The lowest BCUT2D eigenvalue weighted by molar-refractivity contribution is -0.139. The largest absolute Gasteiger partial charge is 0.490 e. The average Bonchev–Trinajstić information content (AvgIpc) is 2.91. The Labute approximate surface area is 217 Å². The van der Waals surface area contributed by atoms with Crippen molar-refractivity contribution in [2.75, 3.05) is 46.3 Å². The van der Waals surface area contributed by atoms with Crippen LogP contribution in [0.2, 0.25) is 0 Å². The van der Waals surface area contributed by atoms with E-state index in [4.69, 9.17) is 4.74 Å². The molecule has 0 aromatic heterocycles. The van der Waals surface area contributed by atoms with Gasteiger partial charge in [0.05, 0.1) is 6.42 Å². The molecule has 3 aromatic carbocycles. The van der Waals surface area contributed by atoms with Crippen molar-refractivity contribution >= 4 is 22.6 Å². The number of likely N-dealkylation sites (N-methyl/N-ethyl adjacent to an activating group) is 1. The lowest BCUT2D eigenvalue weighted by Crippen LogP contribution is -2.51. The Morgan fingerprint density at radius 3 is 2.35 bits per heavy atom. The van der Waals surface area contributed by atoms with Crippen LogP contribution in [0.1, 0.15) is 18.4 Å². The SMILES string of the molecule is CN1CCN(C(=O)C[C@H]2CN(C(=O)Cc3ccc4ccccc4c3)CC[C@@H]2Oc2ccc(F)cc2)CC1. The summed E-state index contributed by atoms with van der Waals surface area (Å²) in [5, 5.41) is 2.27. The zero-order valence-electron chi connectivity index (χ0n) is 21.3. The summed E-state index contributed by atoms with van der Waals surface area (Å²) >= 11 is 0. The predicted octanol–water partition coefficient (Wildman–Crippen LogP) is 3.98. The summed E-state index contributed by atoms with van der Waals surface area (Å²) in [5.41, 5.74) is 0.985. The standard InChI is InChI=1S/C30H34FN3O3/c1-32-14-16-33(17-15-32)30(36)20-25-21-34(13-12-28(25)37-27-10-8-26(31)9-11-27)29(35)19-22-6-7-23-4-2-3-5-24(23)18-22/h2-11,18,25,28H,12-17,19-21H2,1H3/t25-,28-/m0/s1. The van der Waals surface area contributed by atoms with Crippen molar-refractivity contribution in [3.05, 3.63) is 78.1 Å². The van der Waals surface area contributed by atoms with E-state index in [9.17, 15) is 14.0 Å². The number of piperidine rings is 1. The highest BCUT2D eigenvalue weighted by Gasteiger charge is 2.35. The van der Waals surface area contributed by atoms with E-state index >= 15 is 0 Å². The fourth-order valence-corrected chi connectivity index (χ4v) is 5.32. The van der Waals surface area contributed by atoms with Crippen LogP contribution in [0.15, 0.2) is 66.7 Å². The summed E-state index contributed by atoms with van der Waals surface area (Å²) in [6, 6.07) is 20.3. The van der Waals surface area contributed by atoms with E-state index in [0.717, 1.165) is 42.5 Å². The zero-order chi connectivity index (χ0) is 25.8. The normalized spacial score (nSPS) is 20.7. The number of nitrogens with zero attached hydrogens (tertiary/aromatic N) is 3. The molecule has 0 N–H and O–H groups in total. The number of halogens is 1. The van der Waals surface area contributed by atoms with Gasteiger partial charge in [0, 0.05) is 58.0 Å². The van der Waals surface area contributed by atoms with Crippen molar-refractivity contribution in [1.29, 1.82) is 0 Å². The molecule has 0 spiro atoms. The van der Waals surface area contributed by atoms with E-state index in [2.05, 4.69) is 36.2 Å². The number of benzene rings is 3. The van der Waals surface area contributed by atoms with Crippen molar-refractivity contribution in [2.45, 2.75) is 25.4 Å². The maximum Gasteiger partial charge on any atom is 0.227 e. The minimum atomic E-state index is -0.316. The Morgan fingerprint density at radius 2 is 1.59 bits per heavy atom. The van der Waals surface area contributed by atoms with Gasteiger partial charge in [-0.05, 0) is 47.6 Å². The predicted molar refractivity (Wildman–Crippen MR) is 142 cm³/mol. The molecule has 0 unspecified atom stereocenters. The van der Waals surface area contributed by atoms with Gasteiger partial charge in [-0.2, -0.15) is 0 Å². The van der Waals surface area contributed by atoms with Gasteiger partial charge in [-0.25, -0.2) is 4.39 Å². The summed E-state index contributed by atoms with van der Waals surface area (Å²) in [6.45, 7) is 4.20. The van der Waals surface area contributed by atoms with E-state index in [1.54, 1.807) is 12.1 Å². The fourth-order valence-electron chi connectivity index (χ4n) is 5.32. The number of carbonyl (C=O) groups is 2. The monoisotopic (exact) mass is 503 g/mol. The topological polar surface area (TPSA) is 53.1 Å². The molecule has 37 heavy (non-hydrogen) atoms. The number of hydrogen-bond acceptors (Lipinski definition) is 4. The number of piperazine rings is 1. The highest BCUT2D eigenvalue weighted by Crippen LogP contribution is 2.27. The van der Waals surface area contributed by atoms with Crippen LogP contribution >= 0.6 is 0 Å². The maximum absolute atomic E-state index is 13.4. The van der Waals surface area contributed by atoms with Gasteiger partial charge in [-0.3, -0.25) is 9.59 Å². The van der Waals surface area contributed by atoms with E-state index in [1.165, 1.54) is 12.1 Å². The molecule has 0 aliphatic carbocycles. The molecule has 0 bridgehead atoms. The maximum atomic E-state index is 13.4. The first-order valence-electron chi connectivity index (χ1n) is 13.1. The van der Waals surface area contributed by atoms with Gasteiger partial charge in [0.1, 0.15) is 17.7 Å². The van der Waals surface area contributed by atoms with Gasteiger partial charge in [0.2, 0.25) is 11.8 Å². The van der Waals surface area contributed by atoms with Crippen LogP contribution in [-0.4, -0.2) is 78.9 Å². The minimum Gasteiger partial charge on any atom is -0.490 e. The molecule has 2 atom stereocenters. The van der Waals surface area contributed by atoms with E-state index in [0.29, 0.717) is 38.1 Å². The number of fused-ring (bicyclic) bond motifs is 1. The minimum absolute atomic E-state index is 0.0626. The van der Waals surface area contributed by atoms with Gasteiger partial charge in [0.15, 0.2) is 0 Å². The van der Waals surface area contributed by atoms with Crippen molar-refractivity contribution < 1.29 is 18.7 Å². The lowest BCUT2D eigenvalue weighted by Gasteiger charge is -2.40. The smallest absolute Gasteiger partial charge is 0.227 e. The van der Waals surface area contributed by atoms with Crippen LogP contribution in [0.4, 0.5) is 4.39 Å². The molecule has 6 nitrogen and oxygen atoms in total. The Hall–Kier alpha value is -3.45. The summed E-state index contributed by atoms with van der Waals surface area (Å²) in [5.74, 6) is 0.302. The Balaban J connectivity index is 1.28. The lowest BCUT2D eigenvalue weighted by atomic mass is 9.90. The second-order valence-corrected chi connectivity index (χ2v) is 10.2. The molecule has 2 aliphatic rings. The van der Waals surface area contributed by atoms with Crippen molar-refractivity contribution in [3.63, 3.8) is 0 Å². The second kappa shape index (κ2) is 11.3. The van der Waals surface area contributed by atoms with E-state index in [1.807, 2.05) is 28.0 Å². The van der Waals surface area contributed by atoms with Crippen molar-refractivity contribution in [3.8, 4) is 5.75 Å². The van der Waals surface area contributed by atoms with Crippen LogP contribution in [0.5, 0.6) is 5.75 Å². The summed E-state index contributed by atoms with van der Waals surface area (Å²) < 4.78 is 19.6. The second-order valence-electron chi connectivity index (χ2n) is 10.2. The van der Waals surface area contributed by atoms with Gasteiger partial charge in [-0.15, -0.1) is 0 Å². The molecule has 2 amide bonds. The third kappa shape index (κ3) is 6.28. The highest BCUT2D eigenvalue weighted by molar-refractivity contribution is 5.85. The summed E-state index contributed by atoms with van der Waals surface area (Å²) in [7, 11) is 2.06. The number of likely N-dealkylation sites (tertiary alicyclic amines) is 1. The van der Waals surface area contributed by atoms with Crippen LogP contribution in [-0.2, 0) is 16.0 Å². The first-order chi connectivity index (χ1) is 17.9. The quantitative estimate of drug-likeness (QED) is 0.511. The molecule has 2 fully saturated rings. The summed E-state index contributed by atoms with van der Waals surface area (Å²) in [6.07, 6.45) is 1.07. The first-order valence-corrected chi connectivity index (χ1v) is 13.1. The number of rotatable bonds is 6. The highest BCUT2D eigenvalue weighted by atomic mass is 19.1. The van der Waals surface area contributed by atoms with E-state index in [-0.39, 0.29) is 29.7 Å². The molecule has 194 valence electrons.